The van der Waals surface area contributed by atoms with Crippen molar-refractivity contribution in [2.45, 2.75) is 31.7 Å². The lowest BCUT2D eigenvalue weighted by Gasteiger charge is -2.24. The zero-order valence-electron chi connectivity index (χ0n) is 11.6. The van der Waals surface area contributed by atoms with Gasteiger partial charge < -0.3 is 10.2 Å². The maximum Gasteiger partial charge on any atom is 0.288 e. The topological polar surface area (TPSA) is 88.4 Å². The van der Waals surface area contributed by atoms with E-state index < -0.39 is 4.92 Å². The van der Waals surface area contributed by atoms with Crippen LogP contribution in [0.15, 0.2) is 12.3 Å². The molecule has 1 N–H and O–H groups in total. The highest BCUT2D eigenvalue weighted by Crippen LogP contribution is 2.26. The molecule has 7 nitrogen and oxygen atoms in total. The SMILES string of the molecule is CNc1ncc([N+](=O)[O-])cc1C(=O)N(C)C1CCCC1. The molecule has 1 heterocycles. The van der Waals surface area contributed by atoms with Crippen molar-refractivity contribution in [3.05, 3.63) is 27.9 Å². The number of pyridine rings is 1. The average molecular weight is 278 g/mol. The lowest BCUT2D eigenvalue weighted by molar-refractivity contribution is -0.385. The molecule has 0 bridgehead atoms. The summed E-state index contributed by atoms with van der Waals surface area (Å²) in [5.74, 6) is 0.142. The molecule has 2 rings (SSSR count). The van der Waals surface area contributed by atoms with Crippen molar-refractivity contribution in [3.63, 3.8) is 0 Å². The van der Waals surface area contributed by atoms with Crippen LogP contribution in [0.3, 0.4) is 0 Å². The zero-order valence-corrected chi connectivity index (χ0v) is 11.6. The Morgan fingerprint density at radius 3 is 2.70 bits per heavy atom. The molecule has 7 heteroatoms. The van der Waals surface area contributed by atoms with E-state index in [4.69, 9.17) is 0 Å². The second-order valence-corrected chi connectivity index (χ2v) is 4.95. The van der Waals surface area contributed by atoms with Crippen LogP contribution in [0.5, 0.6) is 0 Å². The summed E-state index contributed by atoms with van der Waals surface area (Å²) in [6.45, 7) is 0. The number of amides is 1. The fourth-order valence-electron chi connectivity index (χ4n) is 2.56. The van der Waals surface area contributed by atoms with E-state index in [9.17, 15) is 14.9 Å². The minimum Gasteiger partial charge on any atom is -0.372 e. The molecule has 1 aromatic heterocycles. The molecule has 1 aliphatic carbocycles. The maximum absolute atomic E-state index is 12.5. The second-order valence-electron chi connectivity index (χ2n) is 4.95. The lowest BCUT2D eigenvalue weighted by Crippen LogP contribution is -2.35. The van der Waals surface area contributed by atoms with E-state index in [1.54, 1.807) is 19.0 Å². The Kier molecular flexibility index (Phi) is 4.16. The fourth-order valence-corrected chi connectivity index (χ4v) is 2.56. The average Bonchev–Trinajstić information content (AvgIpc) is 2.99. The van der Waals surface area contributed by atoms with Crippen molar-refractivity contribution >= 4 is 17.4 Å². The normalized spacial score (nSPS) is 15.1. The minimum atomic E-state index is -0.543. The van der Waals surface area contributed by atoms with Gasteiger partial charge in [-0.05, 0) is 12.8 Å². The molecule has 0 atom stereocenters. The van der Waals surface area contributed by atoms with Crippen molar-refractivity contribution in [2.75, 3.05) is 19.4 Å². The Balaban J connectivity index is 2.31. The Hall–Kier alpha value is -2.18. The van der Waals surface area contributed by atoms with Gasteiger partial charge in [0.2, 0.25) is 0 Å². The van der Waals surface area contributed by atoms with Crippen LogP contribution in [0.25, 0.3) is 0 Å². The minimum absolute atomic E-state index is 0.174. The van der Waals surface area contributed by atoms with E-state index in [2.05, 4.69) is 10.3 Å². The molecule has 0 unspecified atom stereocenters. The Labute approximate surface area is 117 Å². The number of aromatic nitrogens is 1. The lowest BCUT2D eigenvalue weighted by atomic mass is 10.1. The quantitative estimate of drug-likeness (QED) is 0.672. The second kappa shape index (κ2) is 5.85. The maximum atomic E-state index is 12.5. The number of nitrogens with zero attached hydrogens (tertiary/aromatic N) is 3. The summed E-state index contributed by atoms with van der Waals surface area (Å²) >= 11 is 0. The van der Waals surface area contributed by atoms with Gasteiger partial charge in [0.25, 0.3) is 11.6 Å². The van der Waals surface area contributed by atoms with Crippen LogP contribution < -0.4 is 5.32 Å². The number of carbonyl (C=O) groups excluding carboxylic acids is 1. The van der Waals surface area contributed by atoms with Crippen molar-refractivity contribution in [3.8, 4) is 0 Å². The number of anilines is 1. The summed E-state index contributed by atoms with van der Waals surface area (Å²) in [4.78, 5) is 28.4. The molecular formula is C13H18N4O3. The first-order valence-electron chi connectivity index (χ1n) is 6.64. The van der Waals surface area contributed by atoms with Gasteiger partial charge in [-0.15, -0.1) is 0 Å². The van der Waals surface area contributed by atoms with E-state index >= 15 is 0 Å². The highest BCUT2D eigenvalue weighted by atomic mass is 16.6. The number of hydrogen-bond acceptors (Lipinski definition) is 5. The third kappa shape index (κ3) is 2.71. The van der Waals surface area contributed by atoms with Crippen molar-refractivity contribution in [2.24, 2.45) is 0 Å². The largest absolute Gasteiger partial charge is 0.372 e. The molecular weight excluding hydrogens is 260 g/mol. The van der Waals surface area contributed by atoms with Crippen LogP contribution in [-0.2, 0) is 0 Å². The van der Waals surface area contributed by atoms with Gasteiger partial charge in [-0.1, -0.05) is 12.8 Å². The van der Waals surface area contributed by atoms with E-state index in [-0.39, 0.29) is 23.2 Å². The van der Waals surface area contributed by atoms with Crippen molar-refractivity contribution in [1.29, 1.82) is 0 Å². The summed E-state index contributed by atoms with van der Waals surface area (Å²) < 4.78 is 0. The highest BCUT2D eigenvalue weighted by Gasteiger charge is 2.27. The van der Waals surface area contributed by atoms with Crippen molar-refractivity contribution < 1.29 is 9.72 Å². The molecule has 20 heavy (non-hydrogen) atoms. The molecule has 1 aromatic rings. The van der Waals surface area contributed by atoms with Crippen LogP contribution in [0, 0.1) is 10.1 Å². The smallest absolute Gasteiger partial charge is 0.288 e. The first-order chi connectivity index (χ1) is 9.54. The first-order valence-corrected chi connectivity index (χ1v) is 6.64. The van der Waals surface area contributed by atoms with Gasteiger partial charge in [0.1, 0.15) is 12.0 Å². The van der Waals surface area contributed by atoms with Crippen molar-refractivity contribution in [1.82, 2.24) is 9.88 Å². The van der Waals surface area contributed by atoms with Crippen LogP contribution in [0.1, 0.15) is 36.0 Å². The third-order valence-corrected chi connectivity index (χ3v) is 3.74. The number of hydrogen-bond donors (Lipinski definition) is 1. The first kappa shape index (κ1) is 14.2. The fraction of sp³-hybridized carbons (Fsp3) is 0.538. The van der Waals surface area contributed by atoms with Gasteiger partial charge in [-0.2, -0.15) is 0 Å². The van der Waals surface area contributed by atoms with E-state index in [0.717, 1.165) is 31.9 Å². The number of nitrogens with one attached hydrogen (secondary N) is 1. The van der Waals surface area contributed by atoms with E-state index in [1.807, 2.05) is 0 Å². The number of nitro groups is 1. The van der Waals surface area contributed by atoms with Gasteiger partial charge in [0.15, 0.2) is 0 Å². The molecule has 0 radical (unpaired) electrons. The third-order valence-electron chi connectivity index (χ3n) is 3.74. The van der Waals surface area contributed by atoms with Crippen LogP contribution >= 0.6 is 0 Å². The van der Waals surface area contributed by atoms with Gasteiger partial charge >= 0.3 is 0 Å². The predicted octanol–water partition coefficient (Wildman–Crippen LogP) is 2.05. The molecule has 1 saturated carbocycles. The molecule has 0 saturated heterocycles. The molecule has 1 fully saturated rings. The Morgan fingerprint density at radius 2 is 2.15 bits per heavy atom. The molecule has 0 aromatic carbocycles. The highest BCUT2D eigenvalue weighted by molar-refractivity contribution is 5.99. The standard InChI is InChI=1S/C13H18N4O3/c1-14-12-11(7-10(8-15-12)17(19)20)13(18)16(2)9-5-3-4-6-9/h7-9H,3-6H2,1-2H3,(H,14,15). The van der Waals surface area contributed by atoms with E-state index in [0.29, 0.717) is 5.82 Å². The van der Waals surface area contributed by atoms with Gasteiger partial charge in [-0.3, -0.25) is 14.9 Å². The van der Waals surface area contributed by atoms with Crippen LogP contribution in [0.2, 0.25) is 0 Å². The monoisotopic (exact) mass is 278 g/mol. The van der Waals surface area contributed by atoms with Gasteiger partial charge in [0.05, 0.1) is 10.5 Å². The predicted molar refractivity (Wildman–Crippen MR) is 74.8 cm³/mol. The molecule has 108 valence electrons. The molecule has 0 spiro atoms. The van der Waals surface area contributed by atoms with E-state index in [1.165, 1.54) is 6.07 Å². The molecule has 1 aliphatic rings. The van der Waals surface area contributed by atoms with Gasteiger partial charge in [0, 0.05) is 26.2 Å². The number of rotatable bonds is 4. The number of carbonyl (C=O) groups is 1. The zero-order chi connectivity index (χ0) is 14.7. The summed E-state index contributed by atoms with van der Waals surface area (Å²) in [7, 11) is 3.39. The molecule has 1 amide bonds. The summed E-state index contributed by atoms with van der Waals surface area (Å²) in [6, 6.07) is 1.50. The Morgan fingerprint density at radius 1 is 1.50 bits per heavy atom. The summed E-state index contributed by atoms with van der Waals surface area (Å²) in [6.07, 6.45) is 5.36. The summed E-state index contributed by atoms with van der Waals surface area (Å²) in [5.41, 5.74) is 0.0725. The summed E-state index contributed by atoms with van der Waals surface area (Å²) in [5, 5.41) is 13.6. The van der Waals surface area contributed by atoms with Crippen LogP contribution in [-0.4, -0.2) is 40.9 Å². The molecule has 0 aliphatic heterocycles. The van der Waals surface area contributed by atoms with Gasteiger partial charge in [-0.25, -0.2) is 4.98 Å². The Bertz CT molecular complexity index is 526. The van der Waals surface area contributed by atoms with Crippen LogP contribution in [0.4, 0.5) is 11.5 Å².